The molecule has 0 spiro atoms. The quantitative estimate of drug-likeness (QED) is 0.105. The number of halogens is 2. The zero-order valence-electron chi connectivity index (χ0n) is 35.1. The van der Waals surface area contributed by atoms with E-state index in [9.17, 15) is 23.6 Å². The summed E-state index contributed by atoms with van der Waals surface area (Å²) in [6.07, 6.45) is -0.357. The van der Waals surface area contributed by atoms with Crippen molar-refractivity contribution in [2.45, 2.75) is 83.6 Å². The molecule has 0 aliphatic carbocycles. The van der Waals surface area contributed by atoms with E-state index in [-0.39, 0.29) is 36.8 Å². The largest absolute Gasteiger partial charge is 0.453 e. The lowest BCUT2D eigenvalue weighted by molar-refractivity contribution is -0.136. The average molecular weight is 843 g/mol. The molecule has 318 valence electrons. The lowest BCUT2D eigenvalue weighted by atomic mass is 9.98. The molecule has 4 amide bonds. The normalized spacial score (nSPS) is 19.9. The van der Waals surface area contributed by atoms with Gasteiger partial charge in [0.15, 0.2) is 0 Å². The highest BCUT2D eigenvalue weighted by Crippen LogP contribution is 2.40. The fraction of sp³-hybridized carbons (Fsp3) is 0.442. The first-order chi connectivity index (χ1) is 28.5. The minimum absolute atomic E-state index is 0.0547. The Morgan fingerprint density at radius 2 is 1.48 bits per heavy atom. The Labute approximate surface area is 347 Å². The zero-order chi connectivity index (χ0) is 43.2. The maximum atomic E-state index is 16.0. The van der Waals surface area contributed by atoms with Crippen LogP contribution in [0.25, 0.3) is 44.2 Å². The second kappa shape index (κ2) is 16.7. The maximum absolute atomic E-state index is 16.0. The van der Waals surface area contributed by atoms with E-state index in [0.717, 1.165) is 16.8 Å². The van der Waals surface area contributed by atoms with Gasteiger partial charge in [0.05, 0.1) is 63.8 Å². The van der Waals surface area contributed by atoms with Gasteiger partial charge in [0.1, 0.15) is 35.7 Å². The molecule has 0 saturated carbocycles. The van der Waals surface area contributed by atoms with E-state index in [1.165, 1.54) is 25.2 Å². The Kier molecular flexibility index (Phi) is 11.7. The van der Waals surface area contributed by atoms with Gasteiger partial charge in [-0.2, -0.15) is 0 Å². The van der Waals surface area contributed by atoms with Crippen molar-refractivity contribution in [2.75, 3.05) is 26.9 Å². The molecule has 0 radical (unpaired) electrons. The molecule has 60 heavy (non-hydrogen) atoms. The number of rotatable bonds is 10. The SMILES string of the molecule is COC(=O)N[C@H](C(=O)N1C[Si](C)(C)C[C@H]1c1ncc(-c2ccc(-c3ccc4c(ccc5[nH]c([C@@H]6C[C@@H](F)CN6C(=O)[C@@H](NC(=O)OC)C(C)C)nc54)c3)c(F)c2)[nH]1)C(C)C. The van der Waals surface area contributed by atoms with Gasteiger partial charge < -0.3 is 39.9 Å². The summed E-state index contributed by atoms with van der Waals surface area (Å²) in [4.78, 5) is 71.1. The number of fused-ring (bicyclic) bond motifs is 3. The molecular formula is C43H52F2N8O6Si. The number of nitrogens with one attached hydrogen (secondary N) is 4. The van der Waals surface area contributed by atoms with E-state index in [2.05, 4.69) is 38.7 Å². The zero-order valence-corrected chi connectivity index (χ0v) is 36.1. The molecule has 2 aromatic heterocycles. The molecule has 2 aliphatic rings. The van der Waals surface area contributed by atoms with E-state index < -0.39 is 56.3 Å². The summed E-state index contributed by atoms with van der Waals surface area (Å²) < 4.78 is 40.5. The lowest BCUT2D eigenvalue weighted by Crippen LogP contribution is -2.52. The van der Waals surface area contributed by atoms with E-state index in [1.54, 1.807) is 26.1 Å². The summed E-state index contributed by atoms with van der Waals surface area (Å²) in [6, 6.07) is 12.5. The van der Waals surface area contributed by atoms with Gasteiger partial charge in [0, 0.05) is 29.1 Å². The van der Waals surface area contributed by atoms with Gasteiger partial charge in [-0.1, -0.05) is 71.1 Å². The van der Waals surface area contributed by atoms with Crippen LogP contribution in [-0.4, -0.2) is 107 Å². The first-order valence-electron chi connectivity index (χ1n) is 20.2. The molecule has 0 unspecified atom stereocenters. The van der Waals surface area contributed by atoms with Gasteiger partial charge in [0.2, 0.25) is 11.8 Å². The van der Waals surface area contributed by atoms with E-state index in [0.29, 0.717) is 51.2 Å². The third-order valence-electron chi connectivity index (χ3n) is 11.6. The van der Waals surface area contributed by atoms with Gasteiger partial charge in [-0.3, -0.25) is 9.59 Å². The highest BCUT2D eigenvalue weighted by atomic mass is 28.3. The minimum Gasteiger partial charge on any atom is -0.453 e. The second-order valence-corrected chi connectivity index (χ2v) is 22.4. The van der Waals surface area contributed by atoms with Crippen LogP contribution >= 0.6 is 0 Å². The molecule has 4 heterocycles. The Hall–Kier alpha value is -5.84. The maximum Gasteiger partial charge on any atom is 0.407 e. The first kappa shape index (κ1) is 42.3. The Morgan fingerprint density at radius 1 is 0.833 bits per heavy atom. The number of likely N-dealkylation sites (tertiary alicyclic amines) is 1. The predicted molar refractivity (Wildman–Crippen MR) is 226 cm³/mol. The molecule has 5 atom stereocenters. The third kappa shape index (κ3) is 8.31. The van der Waals surface area contributed by atoms with E-state index >= 15 is 4.39 Å². The molecule has 2 saturated heterocycles. The number of imidazole rings is 2. The number of alkyl halides is 1. The van der Waals surface area contributed by atoms with E-state index in [4.69, 9.17) is 14.5 Å². The Morgan fingerprint density at radius 3 is 2.12 bits per heavy atom. The monoisotopic (exact) mass is 842 g/mol. The van der Waals surface area contributed by atoms with Crippen LogP contribution in [-0.2, 0) is 19.1 Å². The molecule has 7 rings (SSSR count). The molecule has 14 nitrogen and oxygen atoms in total. The molecule has 3 aromatic carbocycles. The molecule has 2 aliphatic heterocycles. The third-order valence-corrected chi connectivity index (χ3v) is 14.3. The number of hydrogen-bond donors (Lipinski definition) is 4. The first-order valence-corrected chi connectivity index (χ1v) is 23.6. The molecular weight excluding hydrogens is 791 g/mol. The second-order valence-electron chi connectivity index (χ2n) is 17.3. The molecule has 4 N–H and O–H groups in total. The fourth-order valence-corrected chi connectivity index (χ4v) is 11.4. The van der Waals surface area contributed by atoms with Gasteiger partial charge in [-0.15, -0.1) is 0 Å². The number of aromatic amines is 2. The molecule has 17 heteroatoms. The van der Waals surface area contributed by atoms with Crippen LogP contribution in [0.5, 0.6) is 0 Å². The summed E-state index contributed by atoms with van der Waals surface area (Å²) in [6.45, 7) is 11.7. The van der Waals surface area contributed by atoms with Crippen molar-refractivity contribution in [1.29, 1.82) is 0 Å². The van der Waals surface area contributed by atoms with E-state index in [1.807, 2.05) is 55.1 Å². The van der Waals surface area contributed by atoms with Crippen molar-refractivity contribution in [3.63, 3.8) is 0 Å². The summed E-state index contributed by atoms with van der Waals surface area (Å²) in [7, 11) is 0.650. The van der Waals surface area contributed by atoms with Crippen LogP contribution in [0.4, 0.5) is 18.4 Å². The smallest absolute Gasteiger partial charge is 0.407 e. The van der Waals surface area contributed by atoms with Crippen LogP contribution in [0, 0.1) is 17.7 Å². The lowest BCUT2D eigenvalue weighted by Gasteiger charge is -2.30. The number of carbonyl (C=O) groups excluding carboxylic acids is 4. The average Bonchev–Trinajstić information content (AvgIpc) is 4.02. The number of H-pyrrole nitrogens is 2. The van der Waals surface area contributed by atoms with Crippen LogP contribution in [0.1, 0.15) is 57.8 Å². The van der Waals surface area contributed by atoms with Crippen LogP contribution in [0.3, 0.4) is 0 Å². The number of amides is 4. The van der Waals surface area contributed by atoms with Crippen molar-refractivity contribution in [2.24, 2.45) is 11.8 Å². The Bertz CT molecular complexity index is 2450. The fourth-order valence-electron chi connectivity index (χ4n) is 8.50. The van der Waals surface area contributed by atoms with Gasteiger partial charge in [-0.25, -0.2) is 28.3 Å². The van der Waals surface area contributed by atoms with Crippen LogP contribution in [0.2, 0.25) is 19.1 Å². The minimum atomic E-state index is -1.83. The van der Waals surface area contributed by atoms with Crippen molar-refractivity contribution in [3.05, 3.63) is 72.2 Å². The predicted octanol–water partition coefficient (Wildman–Crippen LogP) is 7.42. The van der Waals surface area contributed by atoms with Crippen LogP contribution in [0.15, 0.2) is 54.7 Å². The van der Waals surface area contributed by atoms with Gasteiger partial charge in [-0.05, 0) is 47.0 Å². The number of methoxy groups -OCH3 is 2. The van der Waals surface area contributed by atoms with Crippen LogP contribution < -0.4 is 10.6 Å². The van der Waals surface area contributed by atoms with Crippen molar-refractivity contribution in [3.8, 4) is 22.4 Å². The highest BCUT2D eigenvalue weighted by molar-refractivity contribution is 6.78. The van der Waals surface area contributed by atoms with Gasteiger partial charge in [0.25, 0.3) is 0 Å². The summed E-state index contributed by atoms with van der Waals surface area (Å²) in [5, 5.41) is 6.89. The van der Waals surface area contributed by atoms with Crippen molar-refractivity contribution in [1.82, 2.24) is 40.4 Å². The highest BCUT2D eigenvalue weighted by Gasteiger charge is 2.46. The van der Waals surface area contributed by atoms with Crippen molar-refractivity contribution >= 4 is 53.9 Å². The number of alkyl carbamates (subject to hydrolysis) is 2. The molecule has 2 fully saturated rings. The Balaban J connectivity index is 1.12. The topological polar surface area (TPSA) is 175 Å². The molecule has 5 aromatic rings. The number of hydrogen-bond acceptors (Lipinski definition) is 8. The van der Waals surface area contributed by atoms with Crippen molar-refractivity contribution < 1.29 is 37.4 Å². The number of nitrogens with zero attached hydrogens (tertiary/aromatic N) is 4. The standard InChI is InChI=1S/C43H52F2N8O6Si/c1-22(2)35(50-42(56)58-5)40(54)52-19-27(44)17-33(52)39-47-31-14-11-25-15-24(9-13-29(25)37(31)49-39)28-12-10-26(16-30(28)45)32-18-46-38(48-32)34-20-60(7,8)21-53(34)41(55)36(23(3)4)51-43(57)59-6/h9-16,18,22-23,27,33-36H,17,19-21H2,1-8H3,(H,46,48)(H,47,49)(H,50,56)(H,51,57)/t27-,33+,34+,35+,36+/m1/s1. The summed E-state index contributed by atoms with van der Waals surface area (Å²) in [5.74, 6) is -0.431. The molecule has 0 bridgehead atoms. The number of aromatic nitrogens is 4. The number of carbonyl (C=O) groups is 4. The number of ether oxygens (including phenoxy) is 2. The summed E-state index contributed by atoms with van der Waals surface area (Å²) >= 11 is 0. The number of benzene rings is 3. The summed E-state index contributed by atoms with van der Waals surface area (Å²) in [5.41, 5.74) is 3.60. The van der Waals surface area contributed by atoms with Gasteiger partial charge >= 0.3 is 12.2 Å².